The van der Waals surface area contributed by atoms with Crippen LogP contribution in [0.2, 0.25) is 0 Å². The molecule has 0 aliphatic rings. The van der Waals surface area contributed by atoms with Gasteiger partial charge >= 0.3 is 5.97 Å². The third-order valence-electron chi connectivity index (χ3n) is 4.45. The maximum atomic E-state index is 11.6. The molecule has 2 aromatic carbocycles. The summed E-state index contributed by atoms with van der Waals surface area (Å²) in [4.78, 5) is 12.3. The highest BCUT2D eigenvalue weighted by molar-refractivity contribution is 7.11. The lowest BCUT2D eigenvalue weighted by molar-refractivity contribution is -0.130. The Hall–Kier alpha value is -2.85. The minimum Gasteiger partial charge on any atom is -0.478 e. The van der Waals surface area contributed by atoms with E-state index in [4.69, 9.17) is 4.74 Å². The lowest BCUT2D eigenvalue weighted by atomic mass is 9.85. The van der Waals surface area contributed by atoms with Gasteiger partial charge in [-0.3, -0.25) is 0 Å². The summed E-state index contributed by atoms with van der Waals surface area (Å²) < 4.78 is 6.21. The van der Waals surface area contributed by atoms with Gasteiger partial charge in [0, 0.05) is 10.4 Å². The number of hydrogen-bond acceptors (Lipinski definition) is 3. The van der Waals surface area contributed by atoms with Gasteiger partial charge in [0.05, 0.1) is 5.57 Å². The highest BCUT2D eigenvalue weighted by atomic mass is 32.1. The summed E-state index contributed by atoms with van der Waals surface area (Å²) in [6.45, 7) is 8.55. The number of aryl methyl sites for hydroxylation is 1. The molecule has 0 saturated heterocycles. The van der Waals surface area contributed by atoms with Gasteiger partial charge in [0.25, 0.3) is 0 Å². The molecule has 3 nitrogen and oxygen atoms in total. The summed E-state index contributed by atoms with van der Waals surface area (Å²) in [5.74, 6) is 0.672. The lowest BCUT2D eigenvalue weighted by Crippen LogP contribution is -2.13. The van der Waals surface area contributed by atoms with Gasteiger partial charge in [-0.2, -0.15) is 0 Å². The molecule has 0 unspecified atom stereocenters. The third kappa shape index (κ3) is 4.52. The molecule has 0 amide bonds. The second kappa shape index (κ2) is 8.03. The molecular weight excluding hydrogens is 368 g/mol. The maximum Gasteiger partial charge on any atom is 0.337 e. The molecule has 0 fully saturated rings. The maximum absolute atomic E-state index is 11.6. The molecular formula is C24H24O3S. The van der Waals surface area contributed by atoms with E-state index in [0.717, 1.165) is 33.1 Å². The first kappa shape index (κ1) is 19.9. The smallest absolute Gasteiger partial charge is 0.337 e. The standard InChI is InChI=1S/C24H24O3S/c1-16-7-5-8-20(24(2,3)4)22(16)27-18-12-10-17(11-13-18)15-19(23(25)26)21-9-6-14-28-21/h5-15H,1-4H3,(H,25,26)/b19-15-. The van der Waals surface area contributed by atoms with E-state index >= 15 is 0 Å². The van der Waals surface area contributed by atoms with Crippen LogP contribution in [0.3, 0.4) is 0 Å². The number of thiophene rings is 1. The molecule has 144 valence electrons. The summed E-state index contributed by atoms with van der Waals surface area (Å²) in [6.07, 6.45) is 1.69. The van der Waals surface area contributed by atoms with Crippen LogP contribution >= 0.6 is 11.3 Å². The Labute approximate surface area is 169 Å². The zero-order valence-electron chi connectivity index (χ0n) is 16.5. The molecule has 4 heteroatoms. The third-order valence-corrected chi connectivity index (χ3v) is 5.35. The van der Waals surface area contributed by atoms with E-state index in [9.17, 15) is 9.90 Å². The number of carbonyl (C=O) groups is 1. The van der Waals surface area contributed by atoms with Crippen molar-refractivity contribution < 1.29 is 14.6 Å². The fourth-order valence-corrected chi connectivity index (χ4v) is 3.70. The zero-order chi connectivity index (χ0) is 20.3. The Bertz CT molecular complexity index is 991. The molecule has 3 aromatic rings. The summed E-state index contributed by atoms with van der Waals surface area (Å²) in [7, 11) is 0. The predicted molar refractivity (Wildman–Crippen MR) is 116 cm³/mol. The second-order valence-electron chi connectivity index (χ2n) is 7.71. The highest BCUT2D eigenvalue weighted by Gasteiger charge is 2.20. The first-order valence-corrected chi connectivity index (χ1v) is 10.0. The number of carboxylic acid groups (broad SMARTS) is 1. The van der Waals surface area contributed by atoms with Crippen LogP contribution in [-0.4, -0.2) is 11.1 Å². The summed E-state index contributed by atoms with van der Waals surface area (Å²) in [6, 6.07) is 17.4. The Kier molecular flexibility index (Phi) is 5.71. The Balaban J connectivity index is 1.89. The van der Waals surface area contributed by atoms with Crippen molar-refractivity contribution in [1.29, 1.82) is 0 Å². The van der Waals surface area contributed by atoms with Crippen LogP contribution in [0.15, 0.2) is 60.0 Å². The van der Waals surface area contributed by atoms with Gasteiger partial charge in [-0.1, -0.05) is 57.2 Å². The first-order valence-electron chi connectivity index (χ1n) is 9.12. The number of aliphatic carboxylic acids is 1. The topological polar surface area (TPSA) is 46.5 Å². The Morgan fingerprint density at radius 2 is 1.75 bits per heavy atom. The van der Waals surface area contributed by atoms with Crippen LogP contribution in [-0.2, 0) is 10.2 Å². The van der Waals surface area contributed by atoms with Gasteiger partial charge in [0.1, 0.15) is 11.5 Å². The molecule has 0 saturated carbocycles. The molecule has 0 radical (unpaired) electrons. The molecule has 3 rings (SSSR count). The normalized spacial score (nSPS) is 12.1. The number of carboxylic acids is 1. The van der Waals surface area contributed by atoms with E-state index in [0.29, 0.717) is 0 Å². The van der Waals surface area contributed by atoms with E-state index < -0.39 is 5.97 Å². The number of benzene rings is 2. The number of para-hydroxylation sites is 1. The van der Waals surface area contributed by atoms with Crippen molar-refractivity contribution in [3.8, 4) is 11.5 Å². The van der Waals surface area contributed by atoms with Crippen molar-refractivity contribution in [3.63, 3.8) is 0 Å². The van der Waals surface area contributed by atoms with E-state index in [1.807, 2.05) is 54.8 Å². The fourth-order valence-electron chi connectivity index (χ4n) is 2.97. The lowest BCUT2D eigenvalue weighted by Gasteiger charge is -2.24. The van der Waals surface area contributed by atoms with Gasteiger partial charge in [-0.15, -0.1) is 11.3 Å². The minimum atomic E-state index is -0.933. The molecule has 0 aliphatic carbocycles. The van der Waals surface area contributed by atoms with E-state index in [1.165, 1.54) is 11.3 Å². The van der Waals surface area contributed by atoms with Gasteiger partial charge in [0.2, 0.25) is 0 Å². The molecule has 1 aromatic heterocycles. The summed E-state index contributed by atoms with van der Waals surface area (Å²) in [5, 5.41) is 11.4. The van der Waals surface area contributed by atoms with Crippen molar-refractivity contribution in [2.75, 3.05) is 0 Å². The SMILES string of the molecule is Cc1cccc(C(C)(C)C)c1Oc1ccc(/C=C(\C(=O)O)c2cccs2)cc1. The Morgan fingerprint density at radius 3 is 2.32 bits per heavy atom. The minimum absolute atomic E-state index is 0.0267. The van der Waals surface area contributed by atoms with Crippen molar-refractivity contribution in [1.82, 2.24) is 0 Å². The summed E-state index contributed by atoms with van der Waals surface area (Å²) in [5.41, 5.74) is 3.32. The van der Waals surface area contributed by atoms with Gasteiger partial charge in [-0.25, -0.2) is 4.79 Å². The molecule has 0 bridgehead atoms. The molecule has 1 N–H and O–H groups in total. The number of rotatable bonds is 5. The van der Waals surface area contributed by atoms with Crippen LogP contribution in [0, 0.1) is 6.92 Å². The first-order chi connectivity index (χ1) is 13.3. The van der Waals surface area contributed by atoms with Gasteiger partial charge < -0.3 is 9.84 Å². The van der Waals surface area contributed by atoms with Crippen LogP contribution in [0.1, 0.15) is 42.3 Å². The highest BCUT2D eigenvalue weighted by Crippen LogP contribution is 2.36. The number of hydrogen-bond donors (Lipinski definition) is 1. The van der Waals surface area contributed by atoms with E-state index in [-0.39, 0.29) is 11.0 Å². The quantitative estimate of drug-likeness (QED) is 0.487. The van der Waals surface area contributed by atoms with Crippen molar-refractivity contribution in [2.45, 2.75) is 33.1 Å². The molecule has 0 atom stereocenters. The van der Waals surface area contributed by atoms with Crippen molar-refractivity contribution in [3.05, 3.63) is 81.5 Å². The van der Waals surface area contributed by atoms with Crippen LogP contribution in [0.4, 0.5) is 0 Å². The van der Waals surface area contributed by atoms with Crippen molar-refractivity contribution in [2.24, 2.45) is 0 Å². The van der Waals surface area contributed by atoms with Gasteiger partial charge in [-0.05, 0) is 53.1 Å². The van der Waals surface area contributed by atoms with Crippen LogP contribution in [0.5, 0.6) is 11.5 Å². The van der Waals surface area contributed by atoms with E-state index in [2.05, 4.69) is 32.9 Å². The molecule has 0 spiro atoms. The summed E-state index contributed by atoms with van der Waals surface area (Å²) >= 11 is 1.42. The predicted octanol–water partition coefficient (Wildman–Crippen LogP) is 6.77. The average Bonchev–Trinajstić information content (AvgIpc) is 3.15. The number of ether oxygens (including phenoxy) is 1. The zero-order valence-corrected chi connectivity index (χ0v) is 17.3. The van der Waals surface area contributed by atoms with E-state index in [1.54, 1.807) is 6.08 Å². The van der Waals surface area contributed by atoms with Crippen LogP contribution < -0.4 is 4.74 Å². The monoisotopic (exact) mass is 392 g/mol. The second-order valence-corrected chi connectivity index (χ2v) is 8.66. The van der Waals surface area contributed by atoms with Crippen molar-refractivity contribution >= 4 is 29.0 Å². The average molecular weight is 393 g/mol. The molecule has 28 heavy (non-hydrogen) atoms. The largest absolute Gasteiger partial charge is 0.478 e. The molecule has 1 heterocycles. The van der Waals surface area contributed by atoms with Crippen LogP contribution in [0.25, 0.3) is 11.6 Å². The fraction of sp³-hybridized carbons (Fsp3) is 0.208. The molecule has 0 aliphatic heterocycles. The Morgan fingerprint density at radius 1 is 1.04 bits per heavy atom. The van der Waals surface area contributed by atoms with Gasteiger partial charge in [0.15, 0.2) is 0 Å².